The SMILES string of the molecule is C[C-]=O.[CH2-]c1ccccc1O.[Ca+2]. The number of aromatic hydroxyl groups is 1. The van der Waals surface area contributed by atoms with Crippen LogP contribution in [0.1, 0.15) is 12.5 Å². The van der Waals surface area contributed by atoms with Crippen LogP contribution in [0.15, 0.2) is 24.3 Å². The summed E-state index contributed by atoms with van der Waals surface area (Å²) >= 11 is 0. The molecule has 0 radical (unpaired) electrons. The van der Waals surface area contributed by atoms with Crippen molar-refractivity contribution in [1.82, 2.24) is 0 Å². The molecular formula is C9H10CaO2. The van der Waals surface area contributed by atoms with Crippen molar-refractivity contribution in [1.29, 1.82) is 0 Å². The molecule has 0 amide bonds. The summed E-state index contributed by atoms with van der Waals surface area (Å²) in [6, 6.07) is 6.98. The van der Waals surface area contributed by atoms with E-state index in [-0.39, 0.29) is 43.5 Å². The zero-order valence-corrected chi connectivity index (χ0v) is 9.29. The molecule has 0 atom stereocenters. The van der Waals surface area contributed by atoms with Crippen LogP contribution in [-0.2, 0) is 4.79 Å². The zero-order valence-electron chi connectivity index (χ0n) is 7.08. The fraction of sp³-hybridized carbons (Fsp3) is 0.111. The maximum Gasteiger partial charge on any atom is 2.00 e. The molecule has 1 N–H and O–H groups in total. The Morgan fingerprint density at radius 1 is 1.42 bits per heavy atom. The molecule has 0 saturated heterocycles. The van der Waals surface area contributed by atoms with Crippen molar-refractivity contribution < 1.29 is 9.90 Å². The predicted octanol–water partition coefficient (Wildman–Crippen LogP) is 1.31. The summed E-state index contributed by atoms with van der Waals surface area (Å²) in [4.78, 5) is 8.68. The minimum atomic E-state index is 0. The molecule has 60 valence electrons. The first-order valence-corrected chi connectivity index (χ1v) is 3.11. The van der Waals surface area contributed by atoms with Gasteiger partial charge < -0.3 is 9.90 Å². The molecule has 1 aromatic carbocycles. The fourth-order valence-electron chi connectivity index (χ4n) is 0.511. The summed E-state index contributed by atoms with van der Waals surface area (Å²) in [6.07, 6.45) is 1.50. The van der Waals surface area contributed by atoms with Crippen molar-refractivity contribution in [2.45, 2.75) is 6.92 Å². The standard InChI is InChI=1S/C7H7O.C2H3O.Ca/c1-6-4-2-3-5-7(6)8;1-2-3;/h2-5,8H,1H2;1H3;/q2*-1;+2. The number of hydrogen-bond acceptors (Lipinski definition) is 2. The molecule has 0 saturated carbocycles. The first-order chi connectivity index (χ1) is 5.22. The molecule has 0 aliphatic rings. The van der Waals surface area contributed by atoms with Crippen molar-refractivity contribution in [3.63, 3.8) is 0 Å². The Balaban J connectivity index is 0. The van der Waals surface area contributed by atoms with Gasteiger partial charge in [0.25, 0.3) is 0 Å². The van der Waals surface area contributed by atoms with E-state index in [2.05, 4.69) is 6.92 Å². The van der Waals surface area contributed by atoms with Gasteiger partial charge in [-0.25, -0.2) is 0 Å². The number of phenols is 1. The summed E-state index contributed by atoms with van der Waals surface area (Å²) in [5.41, 5.74) is 0.674. The first-order valence-electron chi connectivity index (χ1n) is 3.11. The quantitative estimate of drug-likeness (QED) is 0.494. The summed E-state index contributed by atoms with van der Waals surface area (Å²) in [5, 5.41) is 8.86. The largest absolute Gasteiger partial charge is 2.00 e. The Labute approximate surface area is 103 Å². The molecule has 3 heteroatoms. The molecule has 0 aliphatic heterocycles. The van der Waals surface area contributed by atoms with Crippen molar-refractivity contribution in [2.24, 2.45) is 0 Å². The van der Waals surface area contributed by atoms with Crippen molar-refractivity contribution in [3.05, 3.63) is 36.8 Å². The van der Waals surface area contributed by atoms with Gasteiger partial charge in [0.05, 0.1) is 0 Å². The third kappa shape index (κ3) is 6.52. The van der Waals surface area contributed by atoms with Crippen LogP contribution in [0.4, 0.5) is 0 Å². The van der Waals surface area contributed by atoms with E-state index < -0.39 is 0 Å². The molecule has 0 aliphatic carbocycles. The molecule has 2 nitrogen and oxygen atoms in total. The first kappa shape index (κ1) is 14.3. The second kappa shape index (κ2) is 8.91. The van der Waals surface area contributed by atoms with Gasteiger partial charge >= 0.3 is 37.7 Å². The Bertz CT molecular complexity index is 203. The number of para-hydroxylation sites is 1. The third-order valence-corrected chi connectivity index (χ3v) is 0.992. The average molecular weight is 190 g/mol. The van der Waals surface area contributed by atoms with E-state index in [9.17, 15) is 0 Å². The molecule has 0 fully saturated rings. The number of benzene rings is 1. The normalized spacial score (nSPS) is 7.08. The monoisotopic (exact) mass is 190 g/mol. The second-order valence-corrected chi connectivity index (χ2v) is 1.83. The van der Waals surface area contributed by atoms with Crippen LogP contribution in [0.2, 0.25) is 0 Å². The molecule has 0 spiro atoms. The molecule has 1 aromatic rings. The summed E-state index contributed by atoms with van der Waals surface area (Å²) in [7, 11) is 0. The number of carbonyl (C=O) groups excluding carboxylic acids is 1. The van der Waals surface area contributed by atoms with E-state index in [1.807, 2.05) is 6.07 Å². The van der Waals surface area contributed by atoms with Gasteiger partial charge in [-0.2, -0.15) is 25.5 Å². The Morgan fingerprint density at radius 2 is 1.83 bits per heavy atom. The van der Waals surface area contributed by atoms with Crippen LogP contribution in [0.3, 0.4) is 0 Å². The third-order valence-electron chi connectivity index (χ3n) is 0.992. The van der Waals surface area contributed by atoms with Crippen LogP contribution in [0, 0.1) is 6.92 Å². The maximum atomic E-state index is 8.86. The van der Waals surface area contributed by atoms with Gasteiger partial charge in [0, 0.05) is 5.75 Å². The number of hydrogen-bond donors (Lipinski definition) is 1. The van der Waals surface area contributed by atoms with Gasteiger partial charge in [0.15, 0.2) is 0 Å². The van der Waals surface area contributed by atoms with Crippen molar-refractivity contribution >= 4 is 44.0 Å². The van der Waals surface area contributed by atoms with Crippen LogP contribution in [0.5, 0.6) is 5.75 Å². The Morgan fingerprint density at radius 3 is 2.08 bits per heavy atom. The van der Waals surface area contributed by atoms with Crippen LogP contribution >= 0.6 is 0 Å². The fourth-order valence-corrected chi connectivity index (χ4v) is 0.511. The Hall–Kier alpha value is -0.180. The molecule has 0 heterocycles. The molecule has 0 bridgehead atoms. The van der Waals surface area contributed by atoms with E-state index in [1.54, 1.807) is 18.2 Å². The molecule has 12 heavy (non-hydrogen) atoms. The van der Waals surface area contributed by atoms with Crippen LogP contribution in [0.25, 0.3) is 0 Å². The molecule has 1 rings (SSSR count). The molecule has 0 unspecified atom stereocenters. The van der Waals surface area contributed by atoms with Gasteiger partial charge in [-0.05, 0) is 0 Å². The molecule has 0 aromatic heterocycles. The summed E-state index contributed by atoms with van der Waals surface area (Å²) < 4.78 is 0. The Kier molecular flexibility index (Phi) is 10.7. The summed E-state index contributed by atoms with van der Waals surface area (Å²) in [5.74, 6) is 0.257. The average Bonchev–Trinajstić information content (AvgIpc) is 1.97. The maximum absolute atomic E-state index is 8.86. The van der Waals surface area contributed by atoms with Crippen molar-refractivity contribution in [3.8, 4) is 5.75 Å². The second-order valence-electron chi connectivity index (χ2n) is 1.83. The minimum Gasteiger partial charge on any atom is -0.565 e. The van der Waals surface area contributed by atoms with Gasteiger partial charge in [0.1, 0.15) is 0 Å². The number of phenolic OH excluding ortho intramolecular Hbond substituents is 1. The van der Waals surface area contributed by atoms with Gasteiger partial charge in [-0.1, -0.05) is 12.1 Å². The van der Waals surface area contributed by atoms with Crippen LogP contribution in [-0.4, -0.2) is 49.1 Å². The van der Waals surface area contributed by atoms with E-state index in [0.717, 1.165) is 0 Å². The van der Waals surface area contributed by atoms with Crippen molar-refractivity contribution in [2.75, 3.05) is 0 Å². The topological polar surface area (TPSA) is 37.3 Å². The van der Waals surface area contributed by atoms with Gasteiger partial charge in [0.2, 0.25) is 0 Å². The van der Waals surface area contributed by atoms with Gasteiger partial charge in [-0.3, -0.25) is 6.29 Å². The van der Waals surface area contributed by atoms with E-state index in [0.29, 0.717) is 5.56 Å². The summed E-state index contributed by atoms with van der Waals surface area (Å²) in [6.45, 7) is 4.89. The van der Waals surface area contributed by atoms with Crippen LogP contribution < -0.4 is 0 Å². The molecular weight excluding hydrogens is 180 g/mol. The van der Waals surface area contributed by atoms with Gasteiger partial charge in [-0.15, -0.1) is 6.07 Å². The zero-order chi connectivity index (χ0) is 8.69. The van der Waals surface area contributed by atoms with E-state index in [4.69, 9.17) is 9.90 Å². The van der Waals surface area contributed by atoms with E-state index in [1.165, 1.54) is 13.2 Å². The number of rotatable bonds is 0. The minimum absolute atomic E-state index is 0. The smallest absolute Gasteiger partial charge is 0.565 e. The predicted molar refractivity (Wildman–Crippen MR) is 49.7 cm³/mol. The van der Waals surface area contributed by atoms with E-state index >= 15 is 0 Å².